The topological polar surface area (TPSA) is 83.9 Å². The number of para-hydroxylation sites is 1. The second kappa shape index (κ2) is 6.76. The Kier molecular flexibility index (Phi) is 4.52. The van der Waals surface area contributed by atoms with Crippen LogP contribution in [-0.4, -0.2) is 34.9 Å². The lowest BCUT2D eigenvalue weighted by Gasteiger charge is -2.32. The number of carboxylic acid groups (broad SMARTS) is 1. The standard InChI is InChI=1S/C19H17NO5/c1-25-16-9-5-2-6-12(16)11-20-18(23)14-8-4-3-7-13(14)15(19(20)24)10-17(21)22/h2-9,15H,10-11H2,1H3,(H,21,22). The molecular weight excluding hydrogens is 322 g/mol. The van der Waals surface area contributed by atoms with Gasteiger partial charge in [0.05, 0.1) is 26.0 Å². The van der Waals surface area contributed by atoms with Crippen LogP contribution in [-0.2, 0) is 16.1 Å². The predicted octanol–water partition coefficient (Wildman–Crippen LogP) is 2.44. The van der Waals surface area contributed by atoms with Crippen LogP contribution in [0.2, 0.25) is 0 Å². The zero-order chi connectivity index (χ0) is 18.0. The number of carboxylic acids is 1. The van der Waals surface area contributed by atoms with Crippen LogP contribution in [0.5, 0.6) is 5.75 Å². The van der Waals surface area contributed by atoms with Gasteiger partial charge >= 0.3 is 5.97 Å². The Labute approximate surface area is 144 Å². The van der Waals surface area contributed by atoms with Crippen LogP contribution in [0.15, 0.2) is 48.5 Å². The molecule has 0 spiro atoms. The molecule has 0 aliphatic carbocycles. The molecule has 0 fully saturated rings. The van der Waals surface area contributed by atoms with Gasteiger partial charge in [-0.25, -0.2) is 0 Å². The van der Waals surface area contributed by atoms with Crippen LogP contribution in [0.1, 0.15) is 33.8 Å². The van der Waals surface area contributed by atoms with Gasteiger partial charge in [-0.15, -0.1) is 0 Å². The number of amides is 2. The second-order valence-corrected chi connectivity index (χ2v) is 5.78. The van der Waals surface area contributed by atoms with Crippen LogP contribution >= 0.6 is 0 Å². The van der Waals surface area contributed by atoms with Gasteiger partial charge in [0.2, 0.25) is 5.91 Å². The van der Waals surface area contributed by atoms with Crippen molar-refractivity contribution in [1.29, 1.82) is 0 Å². The van der Waals surface area contributed by atoms with E-state index in [0.717, 1.165) is 4.90 Å². The summed E-state index contributed by atoms with van der Waals surface area (Å²) in [5, 5.41) is 9.16. The van der Waals surface area contributed by atoms with Crippen LogP contribution in [0, 0.1) is 0 Å². The van der Waals surface area contributed by atoms with Crippen molar-refractivity contribution in [3.63, 3.8) is 0 Å². The Morgan fingerprint density at radius 3 is 2.52 bits per heavy atom. The number of hydrogen-bond acceptors (Lipinski definition) is 4. The van der Waals surface area contributed by atoms with E-state index in [1.165, 1.54) is 7.11 Å². The lowest BCUT2D eigenvalue weighted by molar-refractivity contribution is -0.141. The maximum Gasteiger partial charge on any atom is 0.304 e. The zero-order valence-corrected chi connectivity index (χ0v) is 13.6. The third kappa shape index (κ3) is 3.10. The molecule has 1 aliphatic heterocycles. The SMILES string of the molecule is COc1ccccc1CN1C(=O)c2ccccc2C(CC(=O)O)C1=O. The van der Waals surface area contributed by atoms with Gasteiger partial charge in [0, 0.05) is 11.1 Å². The molecule has 128 valence electrons. The quantitative estimate of drug-likeness (QED) is 0.846. The molecule has 0 saturated carbocycles. The maximum absolute atomic E-state index is 12.8. The van der Waals surface area contributed by atoms with Gasteiger partial charge in [-0.1, -0.05) is 36.4 Å². The fraction of sp³-hybridized carbons (Fsp3) is 0.211. The number of benzene rings is 2. The van der Waals surface area contributed by atoms with E-state index in [1.807, 2.05) is 0 Å². The number of carbonyl (C=O) groups excluding carboxylic acids is 2. The second-order valence-electron chi connectivity index (χ2n) is 5.78. The van der Waals surface area contributed by atoms with Crippen molar-refractivity contribution < 1.29 is 24.2 Å². The predicted molar refractivity (Wildman–Crippen MR) is 89.3 cm³/mol. The Morgan fingerprint density at radius 2 is 1.80 bits per heavy atom. The first kappa shape index (κ1) is 16.7. The number of ether oxygens (including phenoxy) is 1. The molecule has 3 rings (SSSR count). The van der Waals surface area contributed by atoms with Crippen LogP contribution in [0.25, 0.3) is 0 Å². The van der Waals surface area contributed by atoms with E-state index >= 15 is 0 Å². The summed E-state index contributed by atoms with van der Waals surface area (Å²) in [4.78, 5) is 37.9. The molecule has 2 amide bonds. The summed E-state index contributed by atoms with van der Waals surface area (Å²) in [5.41, 5.74) is 1.51. The average molecular weight is 339 g/mol. The number of fused-ring (bicyclic) bond motifs is 1. The largest absolute Gasteiger partial charge is 0.496 e. The molecule has 1 heterocycles. The lowest BCUT2D eigenvalue weighted by atomic mass is 9.86. The van der Waals surface area contributed by atoms with Crippen molar-refractivity contribution in [3.05, 3.63) is 65.2 Å². The van der Waals surface area contributed by atoms with E-state index in [4.69, 9.17) is 9.84 Å². The number of methoxy groups -OCH3 is 1. The summed E-state index contributed by atoms with van der Waals surface area (Å²) in [7, 11) is 1.52. The van der Waals surface area contributed by atoms with Crippen LogP contribution in [0.3, 0.4) is 0 Å². The summed E-state index contributed by atoms with van der Waals surface area (Å²) in [5.74, 6) is -2.32. The summed E-state index contributed by atoms with van der Waals surface area (Å²) in [6.07, 6.45) is -0.356. The van der Waals surface area contributed by atoms with Crippen molar-refractivity contribution in [1.82, 2.24) is 4.90 Å². The summed E-state index contributed by atoms with van der Waals surface area (Å²) >= 11 is 0. The summed E-state index contributed by atoms with van der Waals surface area (Å²) in [6.45, 7) is 0.0339. The summed E-state index contributed by atoms with van der Waals surface area (Å²) < 4.78 is 5.27. The molecule has 1 aliphatic rings. The van der Waals surface area contributed by atoms with E-state index in [0.29, 0.717) is 22.4 Å². The number of carbonyl (C=O) groups is 3. The van der Waals surface area contributed by atoms with Crippen molar-refractivity contribution in [2.24, 2.45) is 0 Å². The smallest absolute Gasteiger partial charge is 0.304 e. The van der Waals surface area contributed by atoms with Crippen molar-refractivity contribution in [2.45, 2.75) is 18.9 Å². The molecule has 6 heteroatoms. The van der Waals surface area contributed by atoms with Gasteiger partial charge in [-0.05, 0) is 17.7 Å². The highest BCUT2D eigenvalue weighted by Gasteiger charge is 2.39. The van der Waals surface area contributed by atoms with Gasteiger partial charge in [0.15, 0.2) is 0 Å². The minimum absolute atomic E-state index is 0.0339. The Bertz CT molecular complexity index is 845. The molecule has 0 bridgehead atoms. The molecule has 0 saturated heterocycles. The normalized spacial score (nSPS) is 16.5. The minimum Gasteiger partial charge on any atom is -0.496 e. The van der Waals surface area contributed by atoms with E-state index < -0.39 is 23.7 Å². The highest BCUT2D eigenvalue weighted by molar-refractivity contribution is 6.12. The highest BCUT2D eigenvalue weighted by atomic mass is 16.5. The minimum atomic E-state index is -1.08. The van der Waals surface area contributed by atoms with Crippen molar-refractivity contribution in [3.8, 4) is 5.75 Å². The van der Waals surface area contributed by atoms with Gasteiger partial charge in [0.1, 0.15) is 5.75 Å². The van der Waals surface area contributed by atoms with E-state index in [9.17, 15) is 14.4 Å². The molecule has 2 aromatic carbocycles. The van der Waals surface area contributed by atoms with Gasteiger partial charge in [-0.2, -0.15) is 0 Å². The first-order valence-corrected chi connectivity index (χ1v) is 7.81. The molecule has 1 atom stereocenters. The first-order valence-electron chi connectivity index (χ1n) is 7.81. The monoisotopic (exact) mass is 339 g/mol. The molecule has 2 aromatic rings. The molecule has 6 nitrogen and oxygen atoms in total. The summed E-state index contributed by atoms with van der Waals surface area (Å²) in [6, 6.07) is 13.8. The number of aliphatic carboxylic acids is 1. The lowest BCUT2D eigenvalue weighted by Crippen LogP contribution is -2.44. The Hall–Kier alpha value is -3.15. The van der Waals surface area contributed by atoms with Gasteiger partial charge in [-0.3, -0.25) is 19.3 Å². The molecule has 0 radical (unpaired) electrons. The van der Waals surface area contributed by atoms with Crippen molar-refractivity contribution in [2.75, 3.05) is 7.11 Å². The van der Waals surface area contributed by atoms with Crippen LogP contribution < -0.4 is 4.74 Å². The van der Waals surface area contributed by atoms with Crippen molar-refractivity contribution >= 4 is 17.8 Å². The van der Waals surface area contributed by atoms with Crippen LogP contribution in [0.4, 0.5) is 0 Å². The number of hydrogen-bond donors (Lipinski definition) is 1. The third-order valence-electron chi connectivity index (χ3n) is 4.28. The first-order chi connectivity index (χ1) is 12.0. The third-order valence-corrected chi connectivity index (χ3v) is 4.28. The average Bonchev–Trinajstić information content (AvgIpc) is 2.62. The molecular formula is C19H17NO5. The Balaban J connectivity index is 2.01. The number of imide groups is 1. The fourth-order valence-electron chi connectivity index (χ4n) is 3.09. The highest BCUT2D eigenvalue weighted by Crippen LogP contribution is 2.33. The van der Waals surface area contributed by atoms with Gasteiger partial charge in [0.25, 0.3) is 5.91 Å². The van der Waals surface area contributed by atoms with E-state index in [2.05, 4.69) is 0 Å². The molecule has 1 N–H and O–H groups in total. The Morgan fingerprint density at radius 1 is 1.12 bits per heavy atom. The van der Waals surface area contributed by atoms with E-state index in [1.54, 1.807) is 48.5 Å². The maximum atomic E-state index is 12.8. The fourth-order valence-corrected chi connectivity index (χ4v) is 3.09. The molecule has 1 unspecified atom stereocenters. The molecule has 0 aromatic heterocycles. The molecule has 25 heavy (non-hydrogen) atoms. The van der Waals surface area contributed by atoms with E-state index in [-0.39, 0.29) is 13.0 Å². The number of nitrogens with zero attached hydrogens (tertiary/aromatic N) is 1. The number of rotatable bonds is 5. The zero-order valence-electron chi connectivity index (χ0n) is 13.6. The van der Waals surface area contributed by atoms with Gasteiger partial charge < -0.3 is 9.84 Å².